The Morgan fingerprint density at radius 1 is 1.07 bits per heavy atom. The molecule has 0 bridgehead atoms. The summed E-state index contributed by atoms with van der Waals surface area (Å²) >= 11 is 1.58. The zero-order chi connectivity index (χ0) is 28.3. The van der Waals surface area contributed by atoms with Crippen molar-refractivity contribution in [3.63, 3.8) is 0 Å². The van der Waals surface area contributed by atoms with E-state index in [9.17, 15) is 4.79 Å². The molecule has 0 radical (unpaired) electrons. The van der Waals surface area contributed by atoms with E-state index >= 15 is 0 Å². The Bertz CT molecular complexity index is 1650. The number of urea groups is 1. The molecule has 210 valence electrons. The number of aromatic nitrogens is 4. The molecule has 4 heterocycles. The van der Waals surface area contributed by atoms with Gasteiger partial charge < -0.3 is 25.2 Å². The van der Waals surface area contributed by atoms with Crippen LogP contribution in [0.2, 0.25) is 0 Å². The van der Waals surface area contributed by atoms with E-state index in [-0.39, 0.29) is 12.1 Å². The molecule has 2 aromatic carbocycles. The fourth-order valence-electron chi connectivity index (χ4n) is 5.02. The Morgan fingerprint density at radius 2 is 1.88 bits per heavy atom. The van der Waals surface area contributed by atoms with Gasteiger partial charge in [-0.05, 0) is 55.3 Å². The highest BCUT2D eigenvalue weighted by molar-refractivity contribution is 7.15. The van der Waals surface area contributed by atoms with Gasteiger partial charge in [-0.2, -0.15) is 0 Å². The van der Waals surface area contributed by atoms with Crippen molar-refractivity contribution in [2.24, 2.45) is 0 Å². The van der Waals surface area contributed by atoms with Gasteiger partial charge in [0.25, 0.3) is 0 Å². The standard InChI is InChI=1S/C30H32N8O2S/c1-36(2)23-9-7-21(8-10-23)33-29(39)37-15-12-22(13-16-37)32-28-31-14-11-25(34-28)27-26(35-30-38(27)17-18-41-30)20-5-4-6-24(19-20)40-3/h4-11,14,17-19,22H,12-13,15-16H2,1-3H3,(H,33,39)(H,31,32,34). The number of nitrogens with zero attached hydrogens (tertiary/aromatic N) is 6. The van der Waals surface area contributed by atoms with E-state index in [1.54, 1.807) is 24.6 Å². The van der Waals surface area contributed by atoms with E-state index in [4.69, 9.17) is 14.7 Å². The van der Waals surface area contributed by atoms with E-state index in [0.29, 0.717) is 19.0 Å². The molecule has 2 amide bonds. The van der Waals surface area contributed by atoms with Crippen molar-refractivity contribution in [1.29, 1.82) is 0 Å². The van der Waals surface area contributed by atoms with Crippen LogP contribution in [0.3, 0.4) is 0 Å². The molecular formula is C30H32N8O2S. The van der Waals surface area contributed by atoms with Gasteiger partial charge in [0.15, 0.2) is 4.96 Å². The average molecular weight is 569 g/mol. The summed E-state index contributed by atoms with van der Waals surface area (Å²) in [4.78, 5) is 31.9. The predicted octanol–water partition coefficient (Wildman–Crippen LogP) is 5.70. The van der Waals surface area contributed by atoms with Crippen molar-refractivity contribution in [3.8, 4) is 28.4 Å². The molecule has 11 heteroatoms. The monoisotopic (exact) mass is 568 g/mol. The van der Waals surface area contributed by atoms with Crippen LogP contribution in [-0.4, -0.2) is 70.6 Å². The van der Waals surface area contributed by atoms with E-state index in [1.807, 2.05) is 90.1 Å². The number of imidazole rings is 1. The van der Waals surface area contributed by atoms with Crippen molar-refractivity contribution in [2.75, 3.05) is 49.8 Å². The van der Waals surface area contributed by atoms with Crippen LogP contribution in [0.4, 0.5) is 22.1 Å². The number of ether oxygens (including phenoxy) is 1. The summed E-state index contributed by atoms with van der Waals surface area (Å²) < 4.78 is 7.51. The fourth-order valence-corrected chi connectivity index (χ4v) is 5.73. The zero-order valence-electron chi connectivity index (χ0n) is 23.2. The quantitative estimate of drug-likeness (QED) is 0.260. The van der Waals surface area contributed by atoms with Crippen molar-refractivity contribution in [2.45, 2.75) is 18.9 Å². The van der Waals surface area contributed by atoms with Crippen molar-refractivity contribution < 1.29 is 9.53 Å². The van der Waals surface area contributed by atoms with Crippen LogP contribution in [0.1, 0.15) is 12.8 Å². The van der Waals surface area contributed by atoms with Gasteiger partial charge in [0.1, 0.15) is 11.4 Å². The van der Waals surface area contributed by atoms with Gasteiger partial charge in [-0.1, -0.05) is 12.1 Å². The van der Waals surface area contributed by atoms with Gasteiger partial charge in [-0.25, -0.2) is 19.7 Å². The third kappa shape index (κ3) is 5.66. The summed E-state index contributed by atoms with van der Waals surface area (Å²) in [6.45, 7) is 1.30. The van der Waals surface area contributed by atoms with Crippen molar-refractivity contribution >= 4 is 39.7 Å². The van der Waals surface area contributed by atoms with Crippen LogP contribution in [0, 0.1) is 0 Å². The summed E-state index contributed by atoms with van der Waals surface area (Å²) in [5.41, 5.74) is 5.37. The van der Waals surface area contributed by atoms with Gasteiger partial charge in [-0.3, -0.25) is 4.40 Å². The van der Waals surface area contributed by atoms with Crippen LogP contribution in [0.5, 0.6) is 5.75 Å². The Labute approximate surface area is 242 Å². The molecule has 41 heavy (non-hydrogen) atoms. The smallest absolute Gasteiger partial charge is 0.321 e. The summed E-state index contributed by atoms with van der Waals surface area (Å²) in [6, 6.07) is 17.7. The molecular weight excluding hydrogens is 536 g/mol. The molecule has 2 N–H and O–H groups in total. The lowest BCUT2D eigenvalue weighted by molar-refractivity contribution is 0.197. The number of piperidine rings is 1. The molecule has 1 aliphatic heterocycles. The second-order valence-corrected chi connectivity index (χ2v) is 11.0. The molecule has 1 fully saturated rings. The summed E-state index contributed by atoms with van der Waals surface area (Å²) in [5.74, 6) is 1.34. The highest BCUT2D eigenvalue weighted by atomic mass is 32.1. The van der Waals surface area contributed by atoms with Gasteiger partial charge in [0.05, 0.1) is 18.5 Å². The van der Waals surface area contributed by atoms with Crippen LogP contribution < -0.4 is 20.3 Å². The van der Waals surface area contributed by atoms with Crippen LogP contribution in [-0.2, 0) is 0 Å². The number of benzene rings is 2. The lowest BCUT2D eigenvalue weighted by Crippen LogP contribution is -2.44. The first-order valence-electron chi connectivity index (χ1n) is 13.5. The topological polar surface area (TPSA) is 99.9 Å². The van der Waals surface area contributed by atoms with Crippen LogP contribution in [0.15, 0.2) is 72.4 Å². The Kier molecular flexibility index (Phi) is 7.43. The number of carbonyl (C=O) groups excluding carboxylic acids is 1. The van der Waals surface area contributed by atoms with Gasteiger partial charge in [-0.15, -0.1) is 11.3 Å². The Hall–Kier alpha value is -4.64. The van der Waals surface area contributed by atoms with Gasteiger partial charge >= 0.3 is 6.03 Å². The minimum absolute atomic E-state index is 0.0788. The van der Waals surface area contributed by atoms with Crippen molar-refractivity contribution in [3.05, 3.63) is 72.4 Å². The second kappa shape index (κ2) is 11.5. The Balaban J connectivity index is 1.14. The number of thiazole rings is 1. The minimum Gasteiger partial charge on any atom is -0.497 e. The van der Waals surface area contributed by atoms with Gasteiger partial charge in [0, 0.05) is 67.9 Å². The fraction of sp³-hybridized carbons (Fsp3) is 0.267. The largest absolute Gasteiger partial charge is 0.497 e. The van der Waals surface area contributed by atoms with E-state index < -0.39 is 0 Å². The van der Waals surface area contributed by atoms with E-state index in [0.717, 1.165) is 57.6 Å². The number of carbonyl (C=O) groups is 1. The molecule has 10 nitrogen and oxygen atoms in total. The predicted molar refractivity (Wildman–Crippen MR) is 164 cm³/mol. The summed E-state index contributed by atoms with van der Waals surface area (Å²) in [5, 5.41) is 8.53. The normalized spacial score (nSPS) is 13.8. The molecule has 3 aromatic heterocycles. The number of fused-ring (bicyclic) bond motifs is 1. The maximum Gasteiger partial charge on any atom is 0.321 e. The number of hydrogen-bond acceptors (Lipinski definition) is 8. The highest BCUT2D eigenvalue weighted by Crippen LogP contribution is 2.35. The lowest BCUT2D eigenvalue weighted by atomic mass is 10.1. The molecule has 1 aliphatic rings. The summed E-state index contributed by atoms with van der Waals surface area (Å²) in [6.07, 6.45) is 5.39. The number of methoxy groups -OCH3 is 1. The lowest BCUT2D eigenvalue weighted by Gasteiger charge is -2.32. The molecule has 0 unspecified atom stereocenters. The number of hydrogen-bond donors (Lipinski definition) is 2. The number of anilines is 3. The molecule has 1 saturated heterocycles. The first-order chi connectivity index (χ1) is 20.0. The highest BCUT2D eigenvalue weighted by Gasteiger charge is 2.24. The minimum atomic E-state index is -0.0788. The van der Waals surface area contributed by atoms with Crippen molar-refractivity contribution in [1.82, 2.24) is 24.3 Å². The van der Waals surface area contributed by atoms with Crippen LogP contribution in [0.25, 0.3) is 27.6 Å². The van der Waals surface area contributed by atoms with Crippen LogP contribution >= 0.6 is 11.3 Å². The number of rotatable bonds is 7. The number of nitrogens with one attached hydrogen (secondary N) is 2. The molecule has 0 spiro atoms. The van der Waals surface area contributed by atoms with E-state index in [1.165, 1.54) is 0 Å². The molecule has 6 rings (SSSR count). The number of amides is 2. The van der Waals surface area contributed by atoms with Gasteiger partial charge in [0.2, 0.25) is 5.95 Å². The maximum atomic E-state index is 12.8. The average Bonchev–Trinajstić information content (AvgIpc) is 3.60. The molecule has 0 aliphatic carbocycles. The molecule has 0 saturated carbocycles. The first kappa shape index (κ1) is 26.6. The SMILES string of the molecule is COc1cccc(-c2nc3sccn3c2-c2ccnc(NC3CCN(C(=O)Nc4ccc(N(C)C)cc4)CC3)n2)c1. The van der Waals surface area contributed by atoms with E-state index in [2.05, 4.69) is 20.0 Å². The zero-order valence-corrected chi connectivity index (χ0v) is 24.1. The third-order valence-corrected chi connectivity index (χ3v) is 8.01. The second-order valence-electron chi connectivity index (χ2n) is 10.1. The summed E-state index contributed by atoms with van der Waals surface area (Å²) in [7, 11) is 5.65. The third-order valence-electron chi connectivity index (χ3n) is 7.25. The molecule has 0 atom stereocenters. The number of likely N-dealkylation sites (tertiary alicyclic amines) is 1. The first-order valence-corrected chi connectivity index (χ1v) is 14.4. The maximum absolute atomic E-state index is 12.8. The Morgan fingerprint density at radius 3 is 2.63 bits per heavy atom. The molecule has 5 aromatic rings.